The molecule has 0 radical (unpaired) electrons. The van der Waals surface area contributed by atoms with Gasteiger partial charge in [-0.05, 0) is 15.9 Å². The first-order valence-electron chi connectivity index (χ1n) is 8.01. The Balaban J connectivity index is 2.02. The van der Waals surface area contributed by atoms with E-state index in [1.165, 1.54) is 0 Å². The Morgan fingerprint density at radius 2 is 1.65 bits per heavy atom. The molecule has 0 fully saturated rings. The smallest absolute Gasteiger partial charge is 0.328 e. The van der Waals surface area contributed by atoms with Crippen LogP contribution in [0.15, 0.2) is 70.4 Å². The highest BCUT2D eigenvalue weighted by molar-refractivity contribution is 9.10. The second kappa shape index (κ2) is 8.05. The zero-order valence-electron chi connectivity index (χ0n) is 14.1. The minimum absolute atomic E-state index is 0.109. The predicted octanol–water partition coefficient (Wildman–Crippen LogP) is 3.11. The van der Waals surface area contributed by atoms with Gasteiger partial charge in [0.2, 0.25) is 0 Å². The highest BCUT2D eigenvalue weighted by atomic mass is 79.9. The van der Waals surface area contributed by atoms with Gasteiger partial charge in [0.1, 0.15) is 0 Å². The Hall–Kier alpha value is -2.80. The van der Waals surface area contributed by atoms with E-state index in [1.54, 1.807) is 11.7 Å². The molecule has 3 aromatic rings. The molecule has 26 heavy (non-hydrogen) atoms. The number of aliphatic imine (C=N–C) groups is 1. The second-order valence-electron chi connectivity index (χ2n) is 5.69. The third-order valence-electron chi connectivity index (χ3n) is 3.79. The van der Waals surface area contributed by atoms with E-state index < -0.39 is 12.0 Å². The van der Waals surface area contributed by atoms with Crippen LogP contribution >= 0.6 is 15.9 Å². The molecule has 0 amide bonds. The molecule has 1 atom stereocenters. The van der Waals surface area contributed by atoms with E-state index in [0.29, 0.717) is 16.3 Å². The molecule has 0 aliphatic rings. The van der Waals surface area contributed by atoms with Crippen LogP contribution in [0.5, 0.6) is 0 Å². The lowest BCUT2D eigenvalue weighted by Crippen LogP contribution is -2.24. The van der Waals surface area contributed by atoms with Crippen LogP contribution in [0.3, 0.4) is 0 Å². The molecule has 0 aliphatic heterocycles. The van der Waals surface area contributed by atoms with E-state index in [9.17, 15) is 9.90 Å². The highest BCUT2D eigenvalue weighted by Gasteiger charge is 2.22. The zero-order valence-corrected chi connectivity index (χ0v) is 15.7. The number of rotatable bonds is 6. The molecule has 0 saturated heterocycles. The fraction of sp³-hybridized carbons (Fsp3) is 0.158. The Kier molecular flexibility index (Phi) is 5.58. The summed E-state index contributed by atoms with van der Waals surface area (Å²) in [5, 5.41) is 13.9. The summed E-state index contributed by atoms with van der Waals surface area (Å²) in [5.41, 5.74) is 2.36. The lowest BCUT2D eigenvalue weighted by molar-refractivity contribution is -0.138. The summed E-state index contributed by atoms with van der Waals surface area (Å²) in [6.07, 6.45) is 0.109. The van der Waals surface area contributed by atoms with Crippen LogP contribution in [0.2, 0.25) is 0 Å². The first-order valence-corrected chi connectivity index (χ1v) is 8.81. The molecule has 1 heterocycles. The van der Waals surface area contributed by atoms with Crippen molar-refractivity contribution in [3.05, 3.63) is 82.3 Å². The summed E-state index contributed by atoms with van der Waals surface area (Å²) in [7, 11) is 1.74. The van der Waals surface area contributed by atoms with Crippen molar-refractivity contribution in [2.45, 2.75) is 12.5 Å². The lowest BCUT2D eigenvalue weighted by atomic mass is 10.0. The third kappa shape index (κ3) is 4.23. The van der Waals surface area contributed by atoms with Crippen molar-refractivity contribution < 1.29 is 9.90 Å². The van der Waals surface area contributed by atoms with Gasteiger partial charge in [0.25, 0.3) is 0 Å². The number of carbonyl (C=O) groups is 1. The van der Waals surface area contributed by atoms with Crippen molar-refractivity contribution in [2.24, 2.45) is 12.0 Å². The quantitative estimate of drug-likeness (QED) is 0.630. The van der Waals surface area contributed by atoms with Gasteiger partial charge in [0.15, 0.2) is 16.6 Å². The standard InChI is InChI=1S/C19H17BrN4O2/c1-24-19(20)22-16(23-24)12-15(18(25)26)21-17(13-8-4-2-5-9-13)14-10-6-3-7-11-14/h2-11,15H,12H2,1H3,(H,25,26). The van der Waals surface area contributed by atoms with Crippen LogP contribution in [-0.2, 0) is 18.3 Å². The van der Waals surface area contributed by atoms with Gasteiger partial charge in [-0.15, -0.1) is 0 Å². The summed E-state index contributed by atoms with van der Waals surface area (Å²) < 4.78 is 2.10. The van der Waals surface area contributed by atoms with Crippen LogP contribution in [0.4, 0.5) is 0 Å². The van der Waals surface area contributed by atoms with Crippen LogP contribution in [-0.4, -0.2) is 37.6 Å². The Morgan fingerprint density at radius 1 is 1.12 bits per heavy atom. The average Bonchev–Trinajstić information content (AvgIpc) is 2.97. The average molecular weight is 413 g/mol. The van der Waals surface area contributed by atoms with Gasteiger partial charge in [-0.1, -0.05) is 60.7 Å². The SMILES string of the molecule is Cn1nc(CC(N=C(c2ccccc2)c2ccccc2)C(=O)O)nc1Br. The fourth-order valence-corrected chi connectivity index (χ4v) is 2.81. The molecule has 0 aliphatic carbocycles. The van der Waals surface area contributed by atoms with E-state index in [0.717, 1.165) is 11.1 Å². The number of carboxylic acid groups (broad SMARTS) is 1. The normalized spacial score (nSPS) is 11.8. The summed E-state index contributed by atoms with van der Waals surface area (Å²) >= 11 is 3.27. The van der Waals surface area contributed by atoms with Gasteiger partial charge in [0, 0.05) is 24.6 Å². The minimum atomic E-state index is -1.02. The number of aliphatic carboxylic acids is 1. The van der Waals surface area contributed by atoms with Gasteiger partial charge in [-0.3, -0.25) is 4.99 Å². The number of benzene rings is 2. The molecule has 1 aromatic heterocycles. The lowest BCUT2D eigenvalue weighted by Gasteiger charge is -2.12. The molecule has 1 unspecified atom stereocenters. The molecule has 0 bridgehead atoms. The predicted molar refractivity (Wildman–Crippen MR) is 102 cm³/mol. The number of carboxylic acids is 1. The van der Waals surface area contributed by atoms with E-state index >= 15 is 0 Å². The number of nitrogens with zero attached hydrogens (tertiary/aromatic N) is 4. The molecule has 6 nitrogen and oxygen atoms in total. The minimum Gasteiger partial charge on any atom is -0.480 e. The summed E-state index contributed by atoms with van der Waals surface area (Å²) in [4.78, 5) is 20.6. The molecule has 3 rings (SSSR count). The Labute approximate surface area is 159 Å². The summed E-state index contributed by atoms with van der Waals surface area (Å²) in [5.74, 6) is -0.589. The number of hydrogen-bond donors (Lipinski definition) is 1. The summed E-state index contributed by atoms with van der Waals surface area (Å²) in [6.45, 7) is 0. The number of aromatic nitrogens is 3. The second-order valence-corrected chi connectivity index (χ2v) is 6.40. The maximum absolute atomic E-state index is 11.8. The van der Waals surface area contributed by atoms with Crippen molar-refractivity contribution in [1.29, 1.82) is 0 Å². The maximum Gasteiger partial charge on any atom is 0.328 e. The van der Waals surface area contributed by atoms with Gasteiger partial charge in [0.05, 0.1) is 5.71 Å². The molecule has 1 N–H and O–H groups in total. The van der Waals surface area contributed by atoms with Crippen LogP contribution < -0.4 is 0 Å². The third-order valence-corrected chi connectivity index (χ3v) is 4.48. The first-order chi connectivity index (χ1) is 12.5. The van der Waals surface area contributed by atoms with Crippen molar-refractivity contribution in [1.82, 2.24) is 14.8 Å². The molecule has 132 valence electrons. The summed E-state index contributed by atoms with van der Waals surface area (Å²) in [6, 6.07) is 18.1. The first kappa shape index (κ1) is 18.0. The van der Waals surface area contributed by atoms with Gasteiger partial charge in [-0.2, -0.15) is 5.10 Å². The monoisotopic (exact) mass is 412 g/mol. The van der Waals surface area contributed by atoms with Crippen molar-refractivity contribution in [3.63, 3.8) is 0 Å². The largest absolute Gasteiger partial charge is 0.480 e. The maximum atomic E-state index is 11.8. The van der Waals surface area contributed by atoms with Crippen molar-refractivity contribution in [2.75, 3.05) is 0 Å². The van der Waals surface area contributed by atoms with Gasteiger partial charge < -0.3 is 5.11 Å². The molecule has 0 saturated carbocycles. The fourth-order valence-electron chi connectivity index (χ4n) is 2.53. The number of hydrogen-bond acceptors (Lipinski definition) is 4. The molecule has 2 aromatic carbocycles. The van der Waals surface area contributed by atoms with E-state index in [1.807, 2.05) is 60.7 Å². The van der Waals surface area contributed by atoms with Crippen LogP contribution in [0, 0.1) is 0 Å². The van der Waals surface area contributed by atoms with E-state index in [-0.39, 0.29) is 6.42 Å². The van der Waals surface area contributed by atoms with Crippen LogP contribution in [0.1, 0.15) is 17.0 Å². The van der Waals surface area contributed by atoms with Crippen LogP contribution in [0.25, 0.3) is 0 Å². The Morgan fingerprint density at radius 3 is 2.08 bits per heavy atom. The van der Waals surface area contributed by atoms with Gasteiger partial charge >= 0.3 is 5.97 Å². The number of halogens is 1. The van der Waals surface area contributed by atoms with E-state index in [2.05, 4.69) is 31.0 Å². The van der Waals surface area contributed by atoms with Gasteiger partial charge in [-0.25, -0.2) is 14.5 Å². The zero-order chi connectivity index (χ0) is 18.5. The Bertz CT molecular complexity index is 862. The molecular weight excluding hydrogens is 396 g/mol. The molecular formula is C19H17BrN4O2. The highest BCUT2D eigenvalue weighted by Crippen LogP contribution is 2.15. The number of aryl methyl sites for hydroxylation is 1. The van der Waals surface area contributed by atoms with Crippen molar-refractivity contribution >= 4 is 27.6 Å². The molecule has 0 spiro atoms. The topological polar surface area (TPSA) is 80.4 Å². The van der Waals surface area contributed by atoms with Crippen molar-refractivity contribution in [3.8, 4) is 0 Å². The molecule has 7 heteroatoms. The van der Waals surface area contributed by atoms with E-state index in [4.69, 9.17) is 0 Å².